The van der Waals surface area contributed by atoms with E-state index in [0.29, 0.717) is 0 Å². The van der Waals surface area contributed by atoms with Crippen molar-refractivity contribution in [3.63, 3.8) is 0 Å². The molecule has 122 valence electrons. The molecule has 0 radical (unpaired) electrons. The third-order valence-electron chi connectivity index (χ3n) is 5.97. The first-order valence-corrected chi connectivity index (χ1v) is 9.69. The van der Waals surface area contributed by atoms with Gasteiger partial charge in [0.2, 0.25) is 0 Å². The molecule has 2 aliphatic carbocycles. The van der Waals surface area contributed by atoms with E-state index in [2.05, 4.69) is 47.4 Å². The van der Waals surface area contributed by atoms with Crippen LogP contribution in [0.15, 0.2) is 42.5 Å². The Morgan fingerprint density at radius 1 is 0.609 bits per heavy atom. The smallest absolute Gasteiger partial charge is 0.0377 e. The average molecular weight is 307 g/mol. The molecular weight excluding hydrogens is 278 g/mol. The Morgan fingerprint density at radius 3 is 1.78 bits per heavy atom. The third kappa shape index (κ3) is 3.24. The molecule has 0 unspecified atom stereocenters. The number of hydrogen-bond acceptors (Lipinski definition) is 1. The molecule has 0 saturated heterocycles. The van der Waals surface area contributed by atoms with Gasteiger partial charge in [-0.2, -0.15) is 0 Å². The minimum absolute atomic E-state index is 0.771. The Hall–Kier alpha value is -1.50. The van der Waals surface area contributed by atoms with Crippen molar-refractivity contribution in [3.8, 4) is 0 Å². The van der Waals surface area contributed by atoms with Crippen LogP contribution in [-0.4, -0.2) is 12.1 Å². The molecule has 0 spiro atoms. The first-order chi connectivity index (χ1) is 11.4. The summed E-state index contributed by atoms with van der Waals surface area (Å²) in [4.78, 5) is 2.84. The fourth-order valence-corrected chi connectivity index (χ4v) is 4.78. The van der Waals surface area contributed by atoms with Gasteiger partial charge in [0.25, 0.3) is 0 Å². The van der Waals surface area contributed by atoms with Crippen molar-refractivity contribution in [1.82, 2.24) is 0 Å². The molecule has 0 atom stereocenters. The second-order valence-electron chi connectivity index (χ2n) is 7.52. The van der Waals surface area contributed by atoms with E-state index >= 15 is 0 Å². The molecular formula is C22H29N. The van der Waals surface area contributed by atoms with Crippen LogP contribution >= 0.6 is 0 Å². The van der Waals surface area contributed by atoms with E-state index in [4.69, 9.17) is 0 Å². The number of benzene rings is 2. The maximum atomic E-state index is 2.84. The van der Waals surface area contributed by atoms with E-state index < -0.39 is 0 Å². The first-order valence-electron chi connectivity index (χ1n) is 9.69. The zero-order chi connectivity index (χ0) is 15.5. The largest absolute Gasteiger partial charge is 0.366 e. The van der Waals surface area contributed by atoms with Crippen molar-refractivity contribution < 1.29 is 0 Å². The van der Waals surface area contributed by atoms with Gasteiger partial charge in [-0.3, -0.25) is 0 Å². The van der Waals surface area contributed by atoms with Crippen LogP contribution in [0.3, 0.4) is 0 Å². The Morgan fingerprint density at radius 2 is 1.17 bits per heavy atom. The quantitative estimate of drug-likeness (QED) is 0.642. The molecule has 2 aromatic rings. The lowest BCUT2D eigenvalue weighted by molar-refractivity contribution is 0.340. The lowest BCUT2D eigenvalue weighted by Gasteiger charge is -2.43. The van der Waals surface area contributed by atoms with Gasteiger partial charge in [0.15, 0.2) is 0 Å². The van der Waals surface area contributed by atoms with Crippen LogP contribution in [0.2, 0.25) is 0 Å². The molecule has 1 heteroatoms. The number of anilines is 1. The highest BCUT2D eigenvalue weighted by Gasteiger charge is 2.29. The molecule has 0 aliphatic heterocycles. The molecule has 0 N–H and O–H groups in total. The molecule has 0 amide bonds. The van der Waals surface area contributed by atoms with Gasteiger partial charge in [0, 0.05) is 17.8 Å². The average Bonchev–Trinajstić information content (AvgIpc) is 2.64. The van der Waals surface area contributed by atoms with E-state index in [1.165, 1.54) is 80.7 Å². The Kier molecular flexibility index (Phi) is 4.55. The summed E-state index contributed by atoms with van der Waals surface area (Å²) in [5.74, 6) is 0. The Balaban J connectivity index is 1.69. The van der Waals surface area contributed by atoms with Gasteiger partial charge in [-0.15, -0.1) is 0 Å². The lowest BCUT2D eigenvalue weighted by Crippen LogP contribution is -2.45. The summed E-state index contributed by atoms with van der Waals surface area (Å²) in [6, 6.07) is 17.5. The highest BCUT2D eigenvalue weighted by atomic mass is 15.2. The van der Waals surface area contributed by atoms with Crippen LogP contribution in [0.25, 0.3) is 10.8 Å². The molecule has 4 rings (SSSR count). The van der Waals surface area contributed by atoms with Crippen LogP contribution in [0.1, 0.15) is 64.2 Å². The van der Waals surface area contributed by atoms with E-state index in [9.17, 15) is 0 Å². The summed E-state index contributed by atoms with van der Waals surface area (Å²) >= 11 is 0. The normalized spacial score (nSPS) is 20.7. The van der Waals surface area contributed by atoms with E-state index in [1.807, 2.05) is 0 Å². The second kappa shape index (κ2) is 6.95. The standard InChI is InChI=1S/C22H29N/c1-3-11-20(12-4-1)23(21-13-5-2-6-14-21)22-16-15-18-9-7-8-10-19(18)17-22/h7-10,15-17,20-21H,1-6,11-14H2. The van der Waals surface area contributed by atoms with Crippen molar-refractivity contribution >= 4 is 16.5 Å². The molecule has 0 aromatic heterocycles. The van der Waals surface area contributed by atoms with Gasteiger partial charge in [-0.05, 0) is 48.6 Å². The molecule has 2 aromatic carbocycles. The summed E-state index contributed by atoms with van der Waals surface area (Å²) in [6.45, 7) is 0. The van der Waals surface area contributed by atoms with E-state index in [-0.39, 0.29) is 0 Å². The lowest BCUT2D eigenvalue weighted by atomic mass is 9.88. The molecule has 2 fully saturated rings. The Labute approximate surface area is 140 Å². The Bertz CT molecular complexity index is 617. The molecule has 1 nitrogen and oxygen atoms in total. The fourth-order valence-electron chi connectivity index (χ4n) is 4.78. The van der Waals surface area contributed by atoms with Crippen LogP contribution in [0, 0.1) is 0 Å². The zero-order valence-electron chi connectivity index (χ0n) is 14.2. The predicted molar refractivity (Wildman–Crippen MR) is 100 cm³/mol. The van der Waals surface area contributed by atoms with Crippen molar-refractivity contribution in [1.29, 1.82) is 0 Å². The van der Waals surface area contributed by atoms with Crippen molar-refractivity contribution in [2.45, 2.75) is 76.3 Å². The highest BCUT2D eigenvalue weighted by Crippen LogP contribution is 2.35. The molecule has 23 heavy (non-hydrogen) atoms. The van der Waals surface area contributed by atoms with Crippen molar-refractivity contribution in [2.24, 2.45) is 0 Å². The van der Waals surface area contributed by atoms with Crippen LogP contribution in [0.5, 0.6) is 0 Å². The number of hydrogen-bond donors (Lipinski definition) is 0. The molecule has 0 heterocycles. The number of rotatable bonds is 3. The van der Waals surface area contributed by atoms with Gasteiger partial charge < -0.3 is 4.90 Å². The van der Waals surface area contributed by atoms with E-state index in [0.717, 1.165) is 12.1 Å². The second-order valence-corrected chi connectivity index (χ2v) is 7.52. The van der Waals surface area contributed by atoms with Gasteiger partial charge in [-0.1, -0.05) is 68.9 Å². The molecule has 2 saturated carbocycles. The van der Waals surface area contributed by atoms with E-state index in [1.54, 1.807) is 0 Å². The molecule has 2 aliphatic rings. The van der Waals surface area contributed by atoms with Gasteiger partial charge in [0.1, 0.15) is 0 Å². The summed E-state index contributed by atoms with van der Waals surface area (Å²) in [6.07, 6.45) is 14.1. The van der Waals surface area contributed by atoms with Gasteiger partial charge in [0.05, 0.1) is 0 Å². The minimum Gasteiger partial charge on any atom is -0.366 e. The first kappa shape index (κ1) is 15.1. The maximum absolute atomic E-state index is 2.84. The molecule has 0 bridgehead atoms. The summed E-state index contributed by atoms with van der Waals surface area (Å²) in [5, 5.41) is 2.75. The summed E-state index contributed by atoms with van der Waals surface area (Å²) in [5.41, 5.74) is 1.47. The third-order valence-corrected chi connectivity index (χ3v) is 5.97. The SMILES string of the molecule is c1ccc2cc(N(C3CCCCC3)C3CCCCC3)ccc2c1. The predicted octanol–water partition coefficient (Wildman–Crippen LogP) is 6.31. The van der Waals surface area contributed by atoms with Gasteiger partial charge in [-0.25, -0.2) is 0 Å². The van der Waals surface area contributed by atoms with Crippen LogP contribution in [-0.2, 0) is 0 Å². The monoisotopic (exact) mass is 307 g/mol. The van der Waals surface area contributed by atoms with Crippen LogP contribution < -0.4 is 4.90 Å². The summed E-state index contributed by atoms with van der Waals surface area (Å²) in [7, 11) is 0. The number of nitrogens with zero attached hydrogens (tertiary/aromatic N) is 1. The van der Waals surface area contributed by atoms with Crippen molar-refractivity contribution in [3.05, 3.63) is 42.5 Å². The zero-order valence-corrected chi connectivity index (χ0v) is 14.2. The van der Waals surface area contributed by atoms with Crippen molar-refractivity contribution in [2.75, 3.05) is 4.90 Å². The minimum atomic E-state index is 0.771. The number of fused-ring (bicyclic) bond motifs is 1. The van der Waals surface area contributed by atoms with Crippen LogP contribution in [0.4, 0.5) is 5.69 Å². The van der Waals surface area contributed by atoms with Gasteiger partial charge >= 0.3 is 0 Å². The summed E-state index contributed by atoms with van der Waals surface area (Å²) < 4.78 is 0. The topological polar surface area (TPSA) is 3.24 Å². The fraction of sp³-hybridized carbons (Fsp3) is 0.545. The maximum Gasteiger partial charge on any atom is 0.0377 e. The highest BCUT2D eigenvalue weighted by molar-refractivity contribution is 5.86.